The highest BCUT2D eigenvalue weighted by Gasteiger charge is 2.06. The summed E-state index contributed by atoms with van der Waals surface area (Å²) in [5, 5.41) is 13.0. The third kappa shape index (κ3) is 4.94. The highest BCUT2D eigenvalue weighted by atomic mass is 79.9. The smallest absolute Gasteiger partial charge is 0.277 e. The van der Waals surface area contributed by atoms with Crippen molar-refractivity contribution < 1.29 is 9.53 Å². The van der Waals surface area contributed by atoms with Crippen molar-refractivity contribution >= 4 is 27.5 Å². The summed E-state index contributed by atoms with van der Waals surface area (Å²) in [4.78, 5) is 11.8. The highest BCUT2D eigenvalue weighted by Crippen LogP contribution is 2.16. The van der Waals surface area contributed by atoms with Crippen LogP contribution in [0.4, 0.5) is 0 Å². The predicted octanol–water partition coefficient (Wildman–Crippen LogP) is 3.24. The summed E-state index contributed by atoms with van der Waals surface area (Å²) in [7, 11) is 0. The van der Waals surface area contributed by atoms with Gasteiger partial charge in [-0.1, -0.05) is 40.2 Å². The first-order chi connectivity index (χ1) is 11.1. The molecule has 0 fully saturated rings. The lowest BCUT2D eigenvalue weighted by Gasteiger charge is -2.07. The molecule has 0 atom stereocenters. The van der Waals surface area contributed by atoms with E-state index in [2.05, 4.69) is 26.5 Å². The van der Waals surface area contributed by atoms with E-state index in [1.165, 1.54) is 0 Å². The normalized spacial score (nSPS) is 10.7. The fraction of sp³-hybridized carbons (Fsp3) is 0.118. The van der Waals surface area contributed by atoms with Crippen LogP contribution in [0.15, 0.2) is 58.1 Å². The lowest BCUT2D eigenvalue weighted by atomic mass is 10.1. The zero-order chi connectivity index (χ0) is 16.7. The van der Waals surface area contributed by atoms with Crippen molar-refractivity contribution in [3.8, 4) is 11.8 Å². The highest BCUT2D eigenvalue weighted by molar-refractivity contribution is 9.10. The van der Waals surface area contributed by atoms with E-state index in [9.17, 15) is 4.79 Å². The van der Waals surface area contributed by atoms with E-state index < -0.39 is 5.91 Å². The first-order valence-corrected chi connectivity index (χ1v) is 7.60. The topological polar surface area (TPSA) is 74.5 Å². The third-order valence-corrected chi connectivity index (χ3v) is 3.45. The van der Waals surface area contributed by atoms with E-state index in [0.717, 1.165) is 10.0 Å². The molecule has 23 heavy (non-hydrogen) atoms. The molecule has 2 rings (SSSR count). The Morgan fingerprint density at radius 3 is 2.83 bits per heavy atom. The number of hydrazone groups is 1. The van der Waals surface area contributed by atoms with Gasteiger partial charge >= 0.3 is 0 Å². The lowest BCUT2D eigenvalue weighted by Crippen LogP contribution is -2.25. The van der Waals surface area contributed by atoms with Crippen molar-refractivity contribution in [3.05, 3.63) is 64.1 Å². The summed E-state index contributed by atoms with van der Waals surface area (Å²) in [6.07, 6.45) is 0. The van der Waals surface area contributed by atoms with Crippen LogP contribution in [0, 0.1) is 11.3 Å². The molecule has 0 aliphatic heterocycles. The fourth-order valence-electron chi connectivity index (χ4n) is 1.78. The largest absolute Gasteiger partial charge is 0.482 e. The van der Waals surface area contributed by atoms with E-state index >= 15 is 0 Å². The average Bonchev–Trinajstić information content (AvgIpc) is 2.58. The number of ether oxygens (including phenoxy) is 1. The first kappa shape index (κ1) is 16.7. The van der Waals surface area contributed by atoms with Gasteiger partial charge in [-0.15, -0.1) is 0 Å². The maximum absolute atomic E-state index is 11.8. The maximum atomic E-state index is 11.8. The number of rotatable bonds is 5. The number of amides is 1. The number of nitrogens with one attached hydrogen (secondary N) is 1. The molecule has 0 bridgehead atoms. The van der Waals surface area contributed by atoms with Crippen molar-refractivity contribution in [2.24, 2.45) is 5.10 Å². The molecule has 6 heteroatoms. The second kappa shape index (κ2) is 8.11. The lowest BCUT2D eigenvalue weighted by molar-refractivity contribution is -0.123. The Morgan fingerprint density at radius 2 is 2.09 bits per heavy atom. The molecule has 0 aromatic heterocycles. The minimum atomic E-state index is -0.396. The molecule has 0 aliphatic rings. The van der Waals surface area contributed by atoms with Crippen LogP contribution < -0.4 is 10.2 Å². The van der Waals surface area contributed by atoms with Crippen LogP contribution in [0.5, 0.6) is 5.75 Å². The number of hydrogen-bond acceptors (Lipinski definition) is 4. The van der Waals surface area contributed by atoms with Crippen molar-refractivity contribution in [2.45, 2.75) is 6.92 Å². The molecule has 2 aromatic rings. The van der Waals surface area contributed by atoms with E-state index in [-0.39, 0.29) is 6.61 Å². The molecule has 0 unspecified atom stereocenters. The Kier molecular flexibility index (Phi) is 5.89. The Balaban J connectivity index is 1.92. The molecule has 5 nitrogen and oxygen atoms in total. The molecule has 1 amide bonds. The van der Waals surface area contributed by atoms with Crippen molar-refractivity contribution in [3.63, 3.8) is 0 Å². The van der Waals surface area contributed by atoms with Gasteiger partial charge in [-0.2, -0.15) is 10.4 Å². The van der Waals surface area contributed by atoms with Crippen LogP contribution in [-0.4, -0.2) is 18.2 Å². The number of nitrogens with zero attached hydrogens (tertiary/aromatic N) is 2. The van der Waals surface area contributed by atoms with Crippen molar-refractivity contribution in [1.29, 1.82) is 5.26 Å². The average molecular weight is 372 g/mol. The van der Waals surface area contributed by atoms with Crippen LogP contribution in [0.25, 0.3) is 0 Å². The molecule has 116 valence electrons. The van der Waals surface area contributed by atoms with Gasteiger partial charge < -0.3 is 4.74 Å². The number of hydrogen-bond donors (Lipinski definition) is 1. The Bertz CT molecular complexity index is 781. The molecule has 2 aromatic carbocycles. The monoisotopic (exact) mass is 371 g/mol. The quantitative estimate of drug-likeness (QED) is 0.647. The van der Waals surface area contributed by atoms with Crippen LogP contribution >= 0.6 is 15.9 Å². The molecule has 0 saturated carbocycles. The standard InChI is InChI=1S/C17H14BrN3O2/c1-12(13-6-4-7-15(18)9-13)20-21-17(22)11-23-16-8-3-2-5-14(16)10-19/h2-9H,11H2,1H3,(H,21,22). The summed E-state index contributed by atoms with van der Waals surface area (Å²) in [5.74, 6) is -0.0232. The van der Waals surface area contributed by atoms with E-state index in [4.69, 9.17) is 10.00 Å². The zero-order valence-corrected chi connectivity index (χ0v) is 14.0. The van der Waals surface area contributed by atoms with Crippen LogP contribution in [-0.2, 0) is 4.79 Å². The Morgan fingerprint density at radius 1 is 1.30 bits per heavy atom. The predicted molar refractivity (Wildman–Crippen MR) is 91.1 cm³/mol. The number of nitriles is 1. The van der Waals surface area contributed by atoms with Crippen LogP contribution in [0.2, 0.25) is 0 Å². The SMILES string of the molecule is CC(=NNC(=O)COc1ccccc1C#N)c1cccc(Br)c1. The van der Waals surface area contributed by atoms with Gasteiger partial charge in [-0.05, 0) is 36.8 Å². The van der Waals surface area contributed by atoms with Gasteiger partial charge in [0.25, 0.3) is 5.91 Å². The number of para-hydroxylation sites is 1. The van der Waals surface area contributed by atoms with Gasteiger partial charge in [0.2, 0.25) is 0 Å². The van der Waals surface area contributed by atoms with Crippen LogP contribution in [0.3, 0.4) is 0 Å². The maximum Gasteiger partial charge on any atom is 0.277 e. The second-order valence-electron chi connectivity index (χ2n) is 4.64. The molecular weight excluding hydrogens is 358 g/mol. The number of carbonyl (C=O) groups is 1. The summed E-state index contributed by atoms with van der Waals surface area (Å²) in [6, 6.07) is 16.4. The van der Waals surface area contributed by atoms with Gasteiger partial charge in [0.05, 0.1) is 11.3 Å². The number of benzene rings is 2. The molecule has 0 saturated heterocycles. The van der Waals surface area contributed by atoms with Crippen molar-refractivity contribution in [1.82, 2.24) is 5.43 Å². The first-order valence-electron chi connectivity index (χ1n) is 6.81. The number of halogens is 1. The Hall–Kier alpha value is -2.65. The molecular formula is C17H14BrN3O2. The molecule has 0 heterocycles. The summed E-state index contributed by atoms with van der Waals surface area (Å²) >= 11 is 3.39. The van der Waals surface area contributed by atoms with Crippen molar-refractivity contribution in [2.75, 3.05) is 6.61 Å². The third-order valence-electron chi connectivity index (χ3n) is 2.96. The molecule has 0 aliphatic carbocycles. The van der Waals surface area contributed by atoms with Gasteiger partial charge in [-0.25, -0.2) is 5.43 Å². The van der Waals surface area contributed by atoms with Gasteiger partial charge in [0, 0.05) is 4.47 Å². The summed E-state index contributed by atoms with van der Waals surface area (Å²) < 4.78 is 6.27. The Labute approximate surface area is 142 Å². The summed E-state index contributed by atoms with van der Waals surface area (Å²) in [5.41, 5.74) is 4.39. The molecule has 0 spiro atoms. The van der Waals surface area contributed by atoms with Gasteiger partial charge in [0.15, 0.2) is 6.61 Å². The minimum absolute atomic E-state index is 0.214. The fourth-order valence-corrected chi connectivity index (χ4v) is 2.18. The van der Waals surface area contributed by atoms with Gasteiger partial charge in [0.1, 0.15) is 11.8 Å². The minimum Gasteiger partial charge on any atom is -0.482 e. The number of carbonyl (C=O) groups excluding carboxylic acids is 1. The van der Waals surface area contributed by atoms with Crippen LogP contribution in [0.1, 0.15) is 18.1 Å². The molecule has 0 radical (unpaired) electrons. The second-order valence-corrected chi connectivity index (χ2v) is 5.55. The van der Waals surface area contributed by atoms with Gasteiger partial charge in [-0.3, -0.25) is 4.79 Å². The van der Waals surface area contributed by atoms with E-state index in [1.54, 1.807) is 31.2 Å². The summed E-state index contributed by atoms with van der Waals surface area (Å²) in [6.45, 7) is 1.59. The zero-order valence-electron chi connectivity index (χ0n) is 12.4. The molecule has 1 N–H and O–H groups in total. The van der Waals surface area contributed by atoms with E-state index in [0.29, 0.717) is 17.0 Å². The van der Waals surface area contributed by atoms with E-state index in [1.807, 2.05) is 30.3 Å².